The fourth-order valence-corrected chi connectivity index (χ4v) is 8.67. The summed E-state index contributed by atoms with van der Waals surface area (Å²) in [6.45, 7) is 15.5. The molecule has 7 nitrogen and oxygen atoms in total. The normalized spacial score (nSPS) is 39.2. The van der Waals surface area contributed by atoms with Crippen molar-refractivity contribution in [2.75, 3.05) is 0 Å². The molecule has 0 aromatic carbocycles. The number of ether oxygens (including phenoxy) is 3. The Morgan fingerprint density at radius 1 is 1.00 bits per heavy atom. The molecule has 4 saturated carbocycles. The van der Waals surface area contributed by atoms with Crippen LogP contribution in [0.1, 0.15) is 120 Å². The quantitative estimate of drug-likeness (QED) is 0.224. The molecule has 5 rings (SSSR count). The number of hydrogen-bond donors (Lipinski definition) is 0. The Balaban J connectivity index is 1.56. The molecule has 1 aliphatic heterocycles. The smallest absolute Gasteiger partial charge is 0.320 e. The second-order valence-electron chi connectivity index (χ2n) is 15.3. The Bertz CT molecular complexity index is 974. The fraction of sp³-hybridized carbons (Fsp3) is 0.867. The van der Waals surface area contributed by atoms with Gasteiger partial charge in [0, 0.05) is 0 Å². The monoisotopic (exact) mass is 518 g/mol. The van der Waals surface area contributed by atoms with E-state index in [1.807, 2.05) is 13.8 Å². The first kappa shape index (κ1) is 28.1. The van der Waals surface area contributed by atoms with E-state index in [-0.39, 0.29) is 36.1 Å². The summed E-state index contributed by atoms with van der Waals surface area (Å²) in [6.07, 6.45) is 7.00. The highest BCUT2D eigenvalue weighted by Gasteiger charge is 2.62. The molecule has 1 heterocycles. The fourth-order valence-electron chi connectivity index (χ4n) is 8.67. The van der Waals surface area contributed by atoms with Crippen molar-refractivity contribution in [3.63, 3.8) is 0 Å². The van der Waals surface area contributed by atoms with Gasteiger partial charge in [-0.3, -0.25) is 19.2 Å². The van der Waals surface area contributed by atoms with Crippen LogP contribution in [0.15, 0.2) is 0 Å². The molecule has 4 bridgehead atoms. The molecule has 0 amide bonds. The van der Waals surface area contributed by atoms with Crippen molar-refractivity contribution >= 4 is 23.9 Å². The van der Waals surface area contributed by atoms with E-state index >= 15 is 0 Å². The van der Waals surface area contributed by atoms with E-state index in [9.17, 15) is 19.2 Å². The summed E-state index contributed by atoms with van der Waals surface area (Å²) < 4.78 is 17.1. The van der Waals surface area contributed by atoms with Gasteiger partial charge in [-0.05, 0) is 109 Å². The van der Waals surface area contributed by atoms with Gasteiger partial charge in [-0.2, -0.15) is 0 Å². The van der Waals surface area contributed by atoms with Crippen LogP contribution in [-0.2, 0) is 33.4 Å². The van der Waals surface area contributed by atoms with Gasteiger partial charge in [-0.15, -0.1) is 0 Å². The van der Waals surface area contributed by atoms with Crippen molar-refractivity contribution in [1.82, 2.24) is 0 Å². The van der Waals surface area contributed by atoms with E-state index in [2.05, 4.69) is 13.8 Å². The van der Waals surface area contributed by atoms with Crippen LogP contribution in [0, 0.1) is 33.5 Å². The van der Waals surface area contributed by atoms with E-state index < -0.39 is 45.9 Å². The van der Waals surface area contributed by atoms with Crippen LogP contribution < -0.4 is 0 Å². The van der Waals surface area contributed by atoms with E-state index in [1.165, 1.54) is 19.3 Å². The van der Waals surface area contributed by atoms with Crippen molar-refractivity contribution in [2.45, 2.75) is 131 Å². The second kappa shape index (κ2) is 8.81. The molecule has 5 atom stereocenters. The Kier molecular flexibility index (Phi) is 6.69. The van der Waals surface area contributed by atoms with Crippen LogP contribution in [0.4, 0.5) is 0 Å². The minimum atomic E-state index is -1.12. The van der Waals surface area contributed by atoms with Gasteiger partial charge in [0.2, 0.25) is 0 Å². The molecule has 0 aromatic heterocycles. The van der Waals surface area contributed by atoms with Gasteiger partial charge in [-0.1, -0.05) is 20.8 Å². The van der Waals surface area contributed by atoms with Crippen LogP contribution >= 0.6 is 0 Å². The topological polar surface area (TPSA) is 96.0 Å². The van der Waals surface area contributed by atoms with Crippen molar-refractivity contribution in [2.24, 2.45) is 33.5 Å². The summed E-state index contributed by atoms with van der Waals surface area (Å²) in [7, 11) is 0. The van der Waals surface area contributed by atoms with Crippen LogP contribution in [0.2, 0.25) is 0 Å². The number of hydrogen-bond acceptors (Lipinski definition) is 7. The van der Waals surface area contributed by atoms with Crippen molar-refractivity contribution < 1.29 is 33.4 Å². The third kappa shape index (κ3) is 5.61. The SMILES string of the molecule is CCC(C)(CC(CC1(C)CC(=O)OC1=O)C(=O)OC(C)(C)C)C(=O)OC12CC3CC(C)(CC(C)(C3)C1)C2. The molecule has 0 spiro atoms. The van der Waals surface area contributed by atoms with Crippen LogP contribution in [-0.4, -0.2) is 35.1 Å². The number of rotatable bonds is 8. The molecule has 1 saturated heterocycles. The molecule has 5 fully saturated rings. The van der Waals surface area contributed by atoms with Crippen molar-refractivity contribution in [3.05, 3.63) is 0 Å². The zero-order valence-corrected chi connectivity index (χ0v) is 24.1. The number of carbonyl (C=O) groups is 4. The van der Waals surface area contributed by atoms with Gasteiger partial charge in [0.15, 0.2) is 0 Å². The molecule has 5 aliphatic rings. The Morgan fingerprint density at radius 3 is 2.05 bits per heavy atom. The number of esters is 4. The Hall–Kier alpha value is -1.92. The summed E-state index contributed by atoms with van der Waals surface area (Å²) in [4.78, 5) is 51.7. The molecule has 0 N–H and O–H groups in total. The van der Waals surface area contributed by atoms with Crippen LogP contribution in [0.5, 0.6) is 0 Å². The predicted octanol–water partition coefficient (Wildman–Crippen LogP) is 5.91. The minimum Gasteiger partial charge on any atom is -0.460 e. The maximum absolute atomic E-state index is 13.9. The van der Waals surface area contributed by atoms with Crippen molar-refractivity contribution in [3.8, 4) is 0 Å². The molecule has 4 aliphatic carbocycles. The third-order valence-electron chi connectivity index (χ3n) is 9.53. The summed E-state index contributed by atoms with van der Waals surface area (Å²) in [6, 6.07) is 0. The van der Waals surface area contributed by atoms with Gasteiger partial charge in [-0.25, -0.2) is 0 Å². The van der Waals surface area contributed by atoms with E-state index in [0.29, 0.717) is 12.3 Å². The summed E-state index contributed by atoms with van der Waals surface area (Å²) in [5, 5.41) is 0. The first-order valence-electron chi connectivity index (χ1n) is 14.0. The lowest BCUT2D eigenvalue weighted by Crippen LogP contribution is -2.60. The summed E-state index contributed by atoms with van der Waals surface area (Å²) >= 11 is 0. The Morgan fingerprint density at radius 2 is 1.59 bits per heavy atom. The van der Waals surface area contributed by atoms with E-state index in [0.717, 1.165) is 19.3 Å². The van der Waals surface area contributed by atoms with Crippen LogP contribution in [0.25, 0.3) is 0 Å². The summed E-state index contributed by atoms with van der Waals surface area (Å²) in [5.74, 6) is -2.12. The standard InChI is InChI=1S/C30H46O7/c1-9-28(7,24(34)37-30-12-19-10-26(5,17-30)16-27(6,11-19)18-30)13-20(22(32)36-25(2,3)4)14-29(8)15-21(31)35-23(29)33/h19-20H,9-18H2,1-8H3. The average Bonchev–Trinajstić information content (AvgIpc) is 2.93. The lowest BCUT2D eigenvalue weighted by atomic mass is 9.43. The largest absolute Gasteiger partial charge is 0.460 e. The molecule has 7 heteroatoms. The number of cyclic esters (lactones) is 2. The van der Waals surface area contributed by atoms with E-state index in [4.69, 9.17) is 14.2 Å². The third-order valence-corrected chi connectivity index (χ3v) is 9.53. The maximum atomic E-state index is 13.9. The second-order valence-corrected chi connectivity index (χ2v) is 15.3. The average molecular weight is 519 g/mol. The van der Waals surface area contributed by atoms with Gasteiger partial charge in [0.05, 0.1) is 23.2 Å². The highest BCUT2D eigenvalue weighted by atomic mass is 16.6. The Labute approximate surface area is 221 Å². The molecular weight excluding hydrogens is 472 g/mol. The zero-order valence-electron chi connectivity index (χ0n) is 24.1. The zero-order chi connectivity index (χ0) is 27.7. The van der Waals surface area contributed by atoms with Crippen molar-refractivity contribution in [1.29, 1.82) is 0 Å². The van der Waals surface area contributed by atoms with E-state index in [1.54, 1.807) is 27.7 Å². The first-order chi connectivity index (χ1) is 16.8. The molecule has 0 aromatic rings. The molecule has 208 valence electrons. The molecule has 0 radical (unpaired) electrons. The predicted molar refractivity (Wildman–Crippen MR) is 137 cm³/mol. The lowest BCUT2D eigenvalue weighted by Gasteiger charge is -2.64. The van der Waals surface area contributed by atoms with Crippen LogP contribution in [0.3, 0.4) is 0 Å². The van der Waals surface area contributed by atoms with Gasteiger partial charge < -0.3 is 14.2 Å². The highest BCUT2D eigenvalue weighted by molar-refractivity contribution is 5.97. The molecule has 5 unspecified atom stereocenters. The highest BCUT2D eigenvalue weighted by Crippen LogP contribution is 2.67. The van der Waals surface area contributed by atoms with Gasteiger partial charge in [0.25, 0.3) is 0 Å². The molecule has 37 heavy (non-hydrogen) atoms. The lowest BCUT2D eigenvalue weighted by molar-refractivity contribution is -0.223. The first-order valence-corrected chi connectivity index (χ1v) is 14.0. The maximum Gasteiger partial charge on any atom is 0.320 e. The van der Waals surface area contributed by atoms with Gasteiger partial charge >= 0.3 is 23.9 Å². The summed E-state index contributed by atoms with van der Waals surface area (Å²) in [5.41, 5.74) is -2.81. The van der Waals surface area contributed by atoms with Gasteiger partial charge in [0.1, 0.15) is 11.2 Å². The molecular formula is C30H46O7. The minimum absolute atomic E-state index is 0.0821. The number of carbonyl (C=O) groups excluding carboxylic acids is 4.